The van der Waals surface area contributed by atoms with Gasteiger partial charge in [0.2, 0.25) is 10.0 Å². The Kier molecular flexibility index (Phi) is 6.82. The number of rotatable bonds is 6. The number of urea groups is 1. The summed E-state index contributed by atoms with van der Waals surface area (Å²) in [6.45, 7) is 6.51. The summed E-state index contributed by atoms with van der Waals surface area (Å²) < 4.78 is 33.6. The molecule has 30 heavy (non-hydrogen) atoms. The lowest BCUT2D eigenvalue weighted by Crippen LogP contribution is -2.47. The molecule has 9 heteroatoms. The van der Waals surface area contributed by atoms with Crippen LogP contribution in [0, 0.1) is 5.92 Å². The fraction of sp³-hybridized carbons (Fsp3) is 0.524. The van der Waals surface area contributed by atoms with Crippen molar-refractivity contribution in [2.45, 2.75) is 51.0 Å². The molecule has 1 atom stereocenters. The van der Waals surface area contributed by atoms with Gasteiger partial charge in [-0.15, -0.1) is 0 Å². The molecule has 3 rings (SSSR count). The number of nitrogens with one attached hydrogen (secondary N) is 2. The molecule has 1 aromatic rings. The second kappa shape index (κ2) is 9.18. The van der Waals surface area contributed by atoms with E-state index in [0.717, 1.165) is 19.3 Å². The van der Waals surface area contributed by atoms with Gasteiger partial charge < -0.3 is 15.4 Å². The van der Waals surface area contributed by atoms with E-state index < -0.39 is 28.1 Å². The van der Waals surface area contributed by atoms with Gasteiger partial charge in [-0.2, -0.15) is 4.31 Å². The van der Waals surface area contributed by atoms with Gasteiger partial charge in [-0.25, -0.2) is 18.0 Å². The number of hydrogen-bond donors (Lipinski definition) is 2. The summed E-state index contributed by atoms with van der Waals surface area (Å²) in [5, 5.41) is 5.43. The number of carbonyl (C=O) groups excluding carboxylic acids is 2. The molecule has 2 amide bonds. The molecule has 164 valence electrons. The fourth-order valence-corrected chi connectivity index (χ4v) is 5.66. The number of carbonyl (C=O) groups is 2. The van der Waals surface area contributed by atoms with Gasteiger partial charge in [0.15, 0.2) is 0 Å². The van der Waals surface area contributed by atoms with Crippen LogP contribution in [0.25, 0.3) is 0 Å². The van der Waals surface area contributed by atoms with Crippen molar-refractivity contribution in [3.8, 4) is 0 Å². The zero-order chi connectivity index (χ0) is 21.9. The van der Waals surface area contributed by atoms with Crippen LogP contribution in [-0.4, -0.2) is 44.4 Å². The van der Waals surface area contributed by atoms with Crippen LogP contribution in [0.3, 0.4) is 0 Å². The number of nitrogens with zero attached hydrogens (tertiary/aromatic N) is 1. The summed E-state index contributed by atoms with van der Waals surface area (Å²) in [5.41, 5.74) is 1.03. The Labute approximate surface area is 177 Å². The monoisotopic (exact) mass is 435 g/mol. The Morgan fingerprint density at radius 1 is 1.20 bits per heavy atom. The van der Waals surface area contributed by atoms with Crippen LogP contribution < -0.4 is 10.6 Å². The number of esters is 1. The number of sulfonamides is 1. The molecule has 0 bridgehead atoms. The van der Waals surface area contributed by atoms with E-state index in [9.17, 15) is 18.0 Å². The minimum Gasteiger partial charge on any atom is -0.463 e. The molecule has 2 N–H and O–H groups in total. The maximum atomic E-state index is 13.4. The maximum Gasteiger partial charge on any atom is 0.338 e. The SMILES string of the molecule is CCOC(=O)C1=C(C(C)C)NC(=O)NC1c1ccccc1S(=O)(=O)N1CCCCC1. The molecular weight excluding hydrogens is 406 g/mol. The predicted molar refractivity (Wildman–Crippen MR) is 112 cm³/mol. The van der Waals surface area contributed by atoms with Crippen LogP contribution in [0.5, 0.6) is 0 Å². The molecule has 1 unspecified atom stereocenters. The molecular formula is C21H29N3O5S. The van der Waals surface area contributed by atoms with Crippen LogP contribution >= 0.6 is 0 Å². The molecule has 1 aromatic carbocycles. The minimum absolute atomic E-state index is 0.101. The van der Waals surface area contributed by atoms with E-state index in [1.807, 2.05) is 13.8 Å². The van der Waals surface area contributed by atoms with Gasteiger partial charge in [0.1, 0.15) is 0 Å². The molecule has 0 aliphatic carbocycles. The molecule has 1 fully saturated rings. The average Bonchev–Trinajstić information content (AvgIpc) is 2.73. The fourth-order valence-electron chi connectivity index (χ4n) is 3.91. The molecule has 2 aliphatic rings. The average molecular weight is 436 g/mol. The third-order valence-corrected chi connectivity index (χ3v) is 7.31. The first kappa shape index (κ1) is 22.3. The van der Waals surface area contributed by atoms with Crippen molar-refractivity contribution in [1.29, 1.82) is 0 Å². The normalized spacial score (nSPS) is 20.7. The minimum atomic E-state index is -3.77. The van der Waals surface area contributed by atoms with Crippen molar-refractivity contribution >= 4 is 22.0 Å². The Bertz CT molecular complexity index is 949. The van der Waals surface area contributed by atoms with E-state index in [1.54, 1.807) is 25.1 Å². The van der Waals surface area contributed by atoms with E-state index in [1.165, 1.54) is 10.4 Å². The number of allylic oxidation sites excluding steroid dienone is 1. The quantitative estimate of drug-likeness (QED) is 0.669. The molecule has 0 aromatic heterocycles. The van der Waals surface area contributed by atoms with Gasteiger partial charge >= 0.3 is 12.0 Å². The number of benzene rings is 1. The van der Waals surface area contributed by atoms with Gasteiger partial charge in [-0.05, 0) is 37.3 Å². The third kappa shape index (κ3) is 4.37. The third-order valence-electron chi connectivity index (χ3n) is 5.34. The topological polar surface area (TPSA) is 105 Å². The molecule has 8 nitrogen and oxygen atoms in total. The summed E-state index contributed by atoms with van der Waals surface area (Å²) in [7, 11) is -3.77. The predicted octanol–water partition coefficient (Wildman–Crippen LogP) is 2.69. The highest BCUT2D eigenvalue weighted by Gasteiger charge is 2.38. The van der Waals surface area contributed by atoms with Gasteiger partial charge in [0, 0.05) is 18.8 Å². The zero-order valence-corrected chi connectivity index (χ0v) is 18.4. The largest absolute Gasteiger partial charge is 0.463 e. The number of piperidine rings is 1. The van der Waals surface area contributed by atoms with E-state index in [-0.39, 0.29) is 23.0 Å². The van der Waals surface area contributed by atoms with Gasteiger partial charge in [0.05, 0.1) is 23.1 Å². The summed E-state index contributed by atoms with van der Waals surface area (Å²) in [5.74, 6) is -0.743. The summed E-state index contributed by atoms with van der Waals surface area (Å²) >= 11 is 0. The molecule has 2 heterocycles. The highest BCUT2D eigenvalue weighted by molar-refractivity contribution is 7.89. The molecule has 0 spiro atoms. The van der Waals surface area contributed by atoms with Gasteiger partial charge in [-0.1, -0.05) is 38.5 Å². The summed E-state index contributed by atoms with van der Waals surface area (Å²) in [6.07, 6.45) is 2.64. The molecule has 0 radical (unpaired) electrons. The number of hydrogen-bond acceptors (Lipinski definition) is 5. The number of amides is 2. The van der Waals surface area contributed by atoms with Crippen molar-refractivity contribution in [3.05, 3.63) is 41.1 Å². The Balaban J connectivity index is 2.15. The van der Waals surface area contributed by atoms with E-state index in [4.69, 9.17) is 4.74 Å². The highest BCUT2D eigenvalue weighted by atomic mass is 32.2. The second-order valence-electron chi connectivity index (χ2n) is 7.74. The lowest BCUT2D eigenvalue weighted by Gasteiger charge is -2.33. The lowest BCUT2D eigenvalue weighted by molar-refractivity contribution is -0.139. The molecule has 0 saturated carbocycles. The van der Waals surface area contributed by atoms with Crippen molar-refractivity contribution < 1.29 is 22.7 Å². The molecule has 1 saturated heterocycles. The van der Waals surface area contributed by atoms with E-state index >= 15 is 0 Å². The smallest absolute Gasteiger partial charge is 0.338 e. The van der Waals surface area contributed by atoms with E-state index in [0.29, 0.717) is 24.4 Å². The van der Waals surface area contributed by atoms with Gasteiger partial charge in [-0.3, -0.25) is 0 Å². The summed E-state index contributed by atoms with van der Waals surface area (Å²) in [4.78, 5) is 25.3. The Morgan fingerprint density at radius 3 is 2.50 bits per heavy atom. The first-order valence-electron chi connectivity index (χ1n) is 10.3. The van der Waals surface area contributed by atoms with Crippen LogP contribution in [0.4, 0.5) is 4.79 Å². The Morgan fingerprint density at radius 2 is 1.87 bits per heavy atom. The summed E-state index contributed by atoms with van der Waals surface area (Å²) in [6, 6.07) is 5.12. The highest BCUT2D eigenvalue weighted by Crippen LogP contribution is 2.35. The van der Waals surface area contributed by atoms with Crippen LogP contribution in [0.2, 0.25) is 0 Å². The Hall–Kier alpha value is -2.39. The first-order valence-corrected chi connectivity index (χ1v) is 11.8. The van der Waals surface area contributed by atoms with E-state index in [2.05, 4.69) is 10.6 Å². The lowest BCUT2D eigenvalue weighted by atomic mass is 9.91. The zero-order valence-electron chi connectivity index (χ0n) is 17.6. The van der Waals surface area contributed by atoms with Crippen LogP contribution in [-0.2, 0) is 19.6 Å². The number of ether oxygens (including phenoxy) is 1. The standard InChI is InChI=1S/C21H29N3O5S/c1-4-29-20(25)17-18(14(2)3)22-21(26)23-19(17)15-10-6-7-11-16(15)30(27,28)24-12-8-5-9-13-24/h6-7,10-11,14,19H,4-5,8-9,12-13H2,1-3H3,(H2,22,23,26). The molecule has 2 aliphatic heterocycles. The van der Waals surface area contributed by atoms with Crippen molar-refractivity contribution in [1.82, 2.24) is 14.9 Å². The van der Waals surface area contributed by atoms with Crippen molar-refractivity contribution in [2.75, 3.05) is 19.7 Å². The van der Waals surface area contributed by atoms with Crippen LogP contribution in [0.1, 0.15) is 51.6 Å². The first-order chi connectivity index (χ1) is 14.3. The van der Waals surface area contributed by atoms with Crippen molar-refractivity contribution in [3.63, 3.8) is 0 Å². The van der Waals surface area contributed by atoms with Gasteiger partial charge in [0.25, 0.3) is 0 Å². The maximum absolute atomic E-state index is 13.4. The van der Waals surface area contributed by atoms with Crippen LogP contribution in [0.15, 0.2) is 40.4 Å². The van der Waals surface area contributed by atoms with Crippen molar-refractivity contribution in [2.24, 2.45) is 5.92 Å². The second-order valence-corrected chi connectivity index (χ2v) is 9.64.